The third kappa shape index (κ3) is 3.77. The Morgan fingerprint density at radius 3 is 2.75 bits per heavy atom. The van der Waals surface area contributed by atoms with Gasteiger partial charge in [-0.05, 0) is 47.0 Å². The minimum atomic E-state index is -0.377. The van der Waals surface area contributed by atoms with Gasteiger partial charge in [0.05, 0.1) is 23.8 Å². The lowest BCUT2D eigenvalue weighted by Crippen LogP contribution is -2.41. The highest BCUT2D eigenvalue weighted by Crippen LogP contribution is 2.20. The van der Waals surface area contributed by atoms with Crippen LogP contribution in [0.5, 0.6) is 0 Å². The number of benzene rings is 1. The second-order valence-corrected chi connectivity index (χ2v) is 5.57. The molecule has 1 N–H and O–H groups in total. The Morgan fingerprint density at radius 1 is 1.45 bits per heavy atom. The van der Waals surface area contributed by atoms with Crippen LogP contribution in [0, 0.1) is 5.82 Å². The Morgan fingerprint density at radius 2 is 2.15 bits per heavy atom. The summed E-state index contributed by atoms with van der Waals surface area (Å²) in [7, 11) is 0. The highest BCUT2D eigenvalue weighted by molar-refractivity contribution is 9.10. The number of halogens is 2. The monoisotopic (exact) mass is 345 g/mol. The van der Waals surface area contributed by atoms with Crippen LogP contribution in [0.2, 0.25) is 0 Å². The summed E-state index contributed by atoms with van der Waals surface area (Å²) in [6.07, 6.45) is 1.62. The maximum Gasteiger partial charge on any atom is 0.253 e. The zero-order chi connectivity index (χ0) is 14.5. The molecular weight excluding hydrogens is 329 g/mol. The molecule has 0 saturated carbocycles. The number of aliphatic hydroxyl groups excluding tert-OH is 1. The fraction of sp³-hybridized carbons (Fsp3) is 0.500. The largest absolute Gasteiger partial charge is 0.394 e. The van der Waals surface area contributed by atoms with Crippen LogP contribution >= 0.6 is 15.9 Å². The summed E-state index contributed by atoms with van der Waals surface area (Å²) < 4.78 is 18.9. The molecule has 0 radical (unpaired) electrons. The molecule has 0 aromatic heterocycles. The van der Waals surface area contributed by atoms with E-state index in [4.69, 9.17) is 9.84 Å². The highest BCUT2D eigenvalue weighted by atomic mass is 79.9. The molecule has 2 rings (SSSR count). The topological polar surface area (TPSA) is 49.8 Å². The van der Waals surface area contributed by atoms with Gasteiger partial charge in [0.1, 0.15) is 5.82 Å². The molecule has 1 saturated heterocycles. The maximum absolute atomic E-state index is 13.2. The number of carbonyl (C=O) groups excluding carboxylic acids is 1. The maximum atomic E-state index is 13.2. The Kier molecular flexibility index (Phi) is 5.51. The minimum absolute atomic E-state index is 0.0166. The molecule has 20 heavy (non-hydrogen) atoms. The van der Waals surface area contributed by atoms with Crippen molar-refractivity contribution in [1.82, 2.24) is 4.90 Å². The number of hydrogen-bond acceptors (Lipinski definition) is 3. The number of ether oxygens (including phenoxy) is 1. The van der Waals surface area contributed by atoms with Crippen molar-refractivity contribution in [2.45, 2.75) is 18.9 Å². The third-order valence-electron chi connectivity index (χ3n) is 3.34. The van der Waals surface area contributed by atoms with E-state index >= 15 is 0 Å². The first-order valence-electron chi connectivity index (χ1n) is 6.58. The summed E-state index contributed by atoms with van der Waals surface area (Å²) >= 11 is 3.09. The summed E-state index contributed by atoms with van der Waals surface area (Å²) in [6.45, 7) is 1.58. The second-order valence-electron chi connectivity index (χ2n) is 4.71. The average Bonchev–Trinajstić information content (AvgIpc) is 2.48. The van der Waals surface area contributed by atoms with E-state index in [2.05, 4.69) is 15.9 Å². The molecule has 110 valence electrons. The summed E-state index contributed by atoms with van der Waals surface area (Å²) in [5.41, 5.74) is 0.480. The van der Waals surface area contributed by atoms with Crippen molar-refractivity contribution < 1.29 is 19.0 Å². The van der Waals surface area contributed by atoms with E-state index in [1.54, 1.807) is 4.90 Å². The van der Waals surface area contributed by atoms with Crippen molar-refractivity contribution in [2.24, 2.45) is 0 Å². The first-order valence-corrected chi connectivity index (χ1v) is 7.38. The number of nitrogens with zero attached hydrogens (tertiary/aromatic N) is 1. The summed E-state index contributed by atoms with van der Waals surface area (Å²) in [5.74, 6) is -0.469. The normalized spacial score (nSPS) is 16.4. The molecule has 1 heterocycles. The van der Waals surface area contributed by atoms with Gasteiger partial charge in [-0.3, -0.25) is 4.79 Å². The lowest BCUT2D eigenvalue weighted by Gasteiger charge is -2.32. The standard InChI is InChI=1S/C14H17BrFNO3/c15-12-9-10(1-2-13(12)16)14(19)17-5-3-11(4-6-17)20-8-7-18/h1-2,9,11,18H,3-8H2. The van der Waals surface area contributed by atoms with E-state index < -0.39 is 0 Å². The quantitative estimate of drug-likeness (QED) is 0.910. The smallest absolute Gasteiger partial charge is 0.253 e. The number of aliphatic hydroxyl groups is 1. The van der Waals surface area contributed by atoms with E-state index in [9.17, 15) is 9.18 Å². The fourth-order valence-corrected chi connectivity index (χ4v) is 2.64. The van der Waals surface area contributed by atoms with Crippen LogP contribution in [0.15, 0.2) is 22.7 Å². The Hall–Kier alpha value is -0.980. The number of piperidine rings is 1. The van der Waals surface area contributed by atoms with Crippen molar-refractivity contribution in [3.05, 3.63) is 34.1 Å². The van der Waals surface area contributed by atoms with Gasteiger partial charge in [-0.2, -0.15) is 0 Å². The molecule has 4 nitrogen and oxygen atoms in total. The van der Waals surface area contributed by atoms with E-state index in [0.717, 1.165) is 12.8 Å². The first-order chi connectivity index (χ1) is 9.61. The van der Waals surface area contributed by atoms with Crippen LogP contribution in [0.3, 0.4) is 0 Å². The number of likely N-dealkylation sites (tertiary alicyclic amines) is 1. The van der Waals surface area contributed by atoms with E-state index in [-0.39, 0.29) is 24.4 Å². The highest BCUT2D eigenvalue weighted by Gasteiger charge is 2.24. The zero-order valence-corrected chi connectivity index (χ0v) is 12.6. The molecule has 0 bridgehead atoms. The fourth-order valence-electron chi connectivity index (χ4n) is 2.26. The SMILES string of the molecule is O=C(c1ccc(F)c(Br)c1)N1CCC(OCCO)CC1. The Balaban J connectivity index is 1.92. The first kappa shape index (κ1) is 15.4. The molecule has 0 atom stereocenters. The molecule has 0 spiro atoms. The van der Waals surface area contributed by atoms with Gasteiger partial charge < -0.3 is 14.7 Å². The second kappa shape index (κ2) is 7.15. The van der Waals surface area contributed by atoms with Gasteiger partial charge in [-0.15, -0.1) is 0 Å². The van der Waals surface area contributed by atoms with E-state index in [1.807, 2.05) is 0 Å². The van der Waals surface area contributed by atoms with Gasteiger partial charge in [-0.25, -0.2) is 4.39 Å². The van der Waals surface area contributed by atoms with Crippen LogP contribution in [0.4, 0.5) is 4.39 Å². The molecule has 0 aliphatic carbocycles. The number of rotatable bonds is 4. The molecule has 1 aliphatic heterocycles. The zero-order valence-electron chi connectivity index (χ0n) is 11.0. The summed E-state index contributed by atoms with van der Waals surface area (Å²) in [5, 5.41) is 8.71. The van der Waals surface area contributed by atoms with Gasteiger partial charge >= 0.3 is 0 Å². The van der Waals surface area contributed by atoms with Gasteiger partial charge in [-0.1, -0.05) is 0 Å². The van der Waals surface area contributed by atoms with Crippen LogP contribution in [-0.2, 0) is 4.74 Å². The van der Waals surface area contributed by atoms with Crippen LogP contribution in [0.1, 0.15) is 23.2 Å². The Bertz CT molecular complexity index is 475. The van der Waals surface area contributed by atoms with E-state index in [1.165, 1.54) is 18.2 Å². The molecule has 1 amide bonds. The average molecular weight is 346 g/mol. The lowest BCUT2D eigenvalue weighted by atomic mass is 10.1. The van der Waals surface area contributed by atoms with Crippen molar-refractivity contribution in [1.29, 1.82) is 0 Å². The van der Waals surface area contributed by atoms with Crippen LogP contribution in [0.25, 0.3) is 0 Å². The van der Waals surface area contributed by atoms with Crippen molar-refractivity contribution >= 4 is 21.8 Å². The molecule has 0 unspecified atom stereocenters. The van der Waals surface area contributed by atoms with Crippen molar-refractivity contribution in [3.63, 3.8) is 0 Å². The number of carbonyl (C=O) groups is 1. The lowest BCUT2D eigenvalue weighted by molar-refractivity contribution is -0.00554. The predicted octanol–water partition coefficient (Wildman–Crippen LogP) is 2.20. The van der Waals surface area contributed by atoms with Crippen LogP contribution in [-0.4, -0.2) is 48.3 Å². The van der Waals surface area contributed by atoms with Gasteiger partial charge in [0.15, 0.2) is 0 Å². The number of amides is 1. The third-order valence-corrected chi connectivity index (χ3v) is 3.95. The van der Waals surface area contributed by atoms with Crippen LogP contribution < -0.4 is 0 Å². The van der Waals surface area contributed by atoms with Gasteiger partial charge in [0.25, 0.3) is 5.91 Å². The minimum Gasteiger partial charge on any atom is -0.394 e. The predicted molar refractivity (Wildman–Crippen MR) is 76.1 cm³/mol. The molecule has 1 aromatic rings. The molecule has 1 aliphatic rings. The number of hydrogen-bond donors (Lipinski definition) is 1. The summed E-state index contributed by atoms with van der Waals surface area (Å²) in [4.78, 5) is 14.0. The van der Waals surface area contributed by atoms with Gasteiger partial charge in [0.2, 0.25) is 0 Å². The molecule has 6 heteroatoms. The molecule has 1 aromatic carbocycles. The van der Waals surface area contributed by atoms with Crippen molar-refractivity contribution in [3.8, 4) is 0 Å². The van der Waals surface area contributed by atoms with Gasteiger partial charge in [0, 0.05) is 18.7 Å². The van der Waals surface area contributed by atoms with Crippen molar-refractivity contribution in [2.75, 3.05) is 26.3 Å². The summed E-state index contributed by atoms with van der Waals surface area (Å²) in [6, 6.07) is 4.29. The Labute approximate surface area is 125 Å². The molecular formula is C14H17BrFNO3. The molecule has 1 fully saturated rings. The van der Waals surface area contributed by atoms with E-state index in [0.29, 0.717) is 29.7 Å².